The number of aryl methyl sites for hydroxylation is 2. The van der Waals surface area contributed by atoms with Crippen molar-refractivity contribution in [3.63, 3.8) is 0 Å². The summed E-state index contributed by atoms with van der Waals surface area (Å²) in [5.74, 6) is -2.28. The first-order valence-corrected chi connectivity index (χ1v) is 7.95. The average molecular weight is 394 g/mol. The van der Waals surface area contributed by atoms with Crippen molar-refractivity contribution < 1.29 is 32.8 Å². The SMILES string of the molecule is Cc1cc(NC(=O)COC(=O)c2ccccc2OC(F)F)c([N+](=O)[O-])cc1C. The van der Waals surface area contributed by atoms with E-state index in [9.17, 15) is 28.5 Å². The van der Waals surface area contributed by atoms with Crippen molar-refractivity contribution in [2.24, 2.45) is 0 Å². The van der Waals surface area contributed by atoms with Gasteiger partial charge in [-0.25, -0.2) is 4.79 Å². The molecule has 0 spiro atoms. The molecule has 0 unspecified atom stereocenters. The molecule has 0 aliphatic rings. The highest BCUT2D eigenvalue weighted by Gasteiger charge is 2.20. The van der Waals surface area contributed by atoms with Crippen LogP contribution in [0.3, 0.4) is 0 Å². The lowest BCUT2D eigenvalue weighted by molar-refractivity contribution is -0.384. The summed E-state index contributed by atoms with van der Waals surface area (Å²) in [7, 11) is 0. The molecule has 10 heteroatoms. The molecule has 8 nitrogen and oxygen atoms in total. The summed E-state index contributed by atoms with van der Waals surface area (Å²) in [6.45, 7) is -0.502. The van der Waals surface area contributed by atoms with E-state index in [1.54, 1.807) is 13.8 Å². The molecule has 0 aliphatic carbocycles. The van der Waals surface area contributed by atoms with Crippen LogP contribution >= 0.6 is 0 Å². The van der Waals surface area contributed by atoms with Crippen molar-refractivity contribution in [2.45, 2.75) is 20.5 Å². The highest BCUT2D eigenvalue weighted by atomic mass is 19.3. The molecular weight excluding hydrogens is 378 g/mol. The number of hydrogen-bond acceptors (Lipinski definition) is 6. The molecule has 0 fully saturated rings. The van der Waals surface area contributed by atoms with Gasteiger partial charge in [0.25, 0.3) is 11.6 Å². The Balaban J connectivity index is 2.07. The van der Waals surface area contributed by atoms with Crippen molar-refractivity contribution >= 4 is 23.3 Å². The normalized spacial score (nSPS) is 10.5. The van der Waals surface area contributed by atoms with Crippen LogP contribution < -0.4 is 10.1 Å². The number of hydrogen-bond donors (Lipinski definition) is 1. The van der Waals surface area contributed by atoms with Gasteiger partial charge in [0.2, 0.25) is 0 Å². The monoisotopic (exact) mass is 394 g/mol. The van der Waals surface area contributed by atoms with Crippen molar-refractivity contribution in [1.29, 1.82) is 0 Å². The van der Waals surface area contributed by atoms with Gasteiger partial charge in [-0.3, -0.25) is 14.9 Å². The minimum Gasteiger partial charge on any atom is -0.452 e. The number of nitrogens with one attached hydrogen (secondary N) is 1. The van der Waals surface area contributed by atoms with Crippen LogP contribution in [0.5, 0.6) is 5.75 Å². The number of nitrogens with zero attached hydrogens (tertiary/aromatic N) is 1. The number of para-hydroxylation sites is 1. The van der Waals surface area contributed by atoms with Gasteiger partial charge in [-0.1, -0.05) is 12.1 Å². The minimum absolute atomic E-state index is 0.0458. The Morgan fingerprint density at radius 1 is 1.18 bits per heavy atom. The minimum atomic E-state index is -3.14. The van der Waals surface area contributed by atoms with E-state index in [1.165, 1.54) is 30.3 Å². The number of anilines is 1. The molecule has 1 N–H and O–H groups in total. The number of halogens is 2. The molecule has 28 heavy (non-hydrogen) atoms. The van der Waals surface area contributed by atoms with Gasteiger partial charge in [0.1, 0.15) is 17.0 Å². The van der Waals surface area contributed by atoms with Crippen LogP contribution in [-0.4, -0.2) is 30.0 Å². The third-order valence-electron chi connectivity index (χ3n) is 3.74. The Hall–Kier alpha value is -3.56. The Morgan fingerprint density at radius 3 is 2.46 bits per heavy atom. The summed E-state index contributed by atoms with van der Waals surface area (Å²) in [5.41, 5.74) is 0.754. The molecule has 1 amide bonds. The molecule has 0 saturated heterocycles. The Bertz CT molecular complexity index is 917. The number of carbonyl (C=O) groups excluding carboxylic acids is 2. The number of amides is 1. The summed E-state index contributed by atoms with van der Waals surface area (Å²) >= 11 is 0. The van der Waals surface area contributed by atoms with Gasteiger partial charge >= 0.3 is 12.6 Å². The molecule has 0 aromatic heterocycles. The van der Waals surface area contributed by atoms with Crippen molar-refractivity contribution in [1.82, 2.24) is 0 Å². The molecule has 0 saturated carbocycles. The van der Waals surface area contributed by atoms with Crippen LogP contribution in [0.4, 0.5) is 20.2 Å². The predicted octanol–water partition coefficient (Wildman–Crippen LogP) is 3.61. The average Bonchev–Trinajstić information content (AvgIpc) is 2.62. The fraction of sp³-hybridized carbons (Fsp3) is 0.222. The molecule has 0 bridgehead atoms. The zero-order valence-corrected chi connectivity index (χ0v) is 14.9. The first kappa shape index (κ1) is 20.7. The molecule has 0 heterocycles. The third-order valence-corrected chi connectivity index (χ3v) is 3.74. The van der Waals surface area contributed by atoms with Crippen LogP contribution in [0.25, 0.3) is 0 Å². The van der Waals surface area contributed by atoms with Crippen molar-refractivity contribution in [2.75, 3.05) is 11.9 Å². The maximum Gasteiger partial charge on any atom is 0.387 e. The van der Waals surface area contributed by atoms with Gasteiger partial charge in [0.15, 0.2) is 6.61 Å². The maximum absolute atomic E-state index is 12.4. The zero-order valence-electron chi connectivity index (χ0n) is 14.9. The van der Waals surface area contributed by atoms with Gasteiger partial charge in [0, 0.05) is 6.07 Å². The predicted molar refractivity (Wildman–Crippen MR) is 94.6 cm³/mol. The van der Waals surface area contributed by atoms with E-state index in [0.717, 1.165) is 11.6 Å². The molecule has 148 valence electrons. The Morgan fingerprint density at radius 2 is 1.82 bits per heavy atom. The number of benzene rings is 2. The molecular formula is C18H16F2N2O6. The smallest absolute Gasteiger partial charge is 0.387 e. The van der Waals surface area contributed by atoms with Gasteiger partial charge in [-0.15, -0.1) is 0 Å². The summed E-state index contributed by atoms with van der Waals surface area (Å²) in [5, 5.41) is 13.4. The highest BCUT2D eigenvalue weighted by molar-refractivity contribution is 5.97. The second-order valence-corrected chi connectivity index (χ2v) is 5.71. The Kier molecular flexibility index (Phi) is 6.59. The number of esters is 1. The van der Waals surface area contributed by atoms with Crippen LogP contribution in [0.1, 0.15) is 21.5 Å². The lowest BCUT2D eigenvalue weighted by Gasteiger charge is -2.11. The zero-order chi connectivity index (χ0) is 20.8. The fourth-order valence-corrected chi connectivity index (χ4v) is 2.28. The van der Waals surface area contributed by atoms with Crippen molar-refractivity contribution in [3.05, 3.63) is 63.2 Å². The lowest BCUT2D eigenvalue weighted by Crippen LogP contribution is -2.22. The number of rotatable bonds is 7. The first-order valence-electron chi connectivity index (χ1n) is 7.95. The van der Waals surface area contributed by atoms with Crippen LogP contribution in [0.15, 0.2) is 36.4 Å². The van der Waals surface area contributed by atoms with Gasteiger partial charge in [-0.05, 0) is 43.2 Å². The van der Waals surface area contributed by atoms with Crippen LogP contribution in [0, 0.1) is 24.0 Å². The quantitative estimate of drug-likeness (QED) is 0.437. The van der Waals surface area contributed by atoms with E-state index in [4.69, 9.17) is 4.74 Å². The summed E-state index contributed by atoms with van der Waals surface area (Å²) in [4.78, 5) is 34.6. The molecule has 2 aromatic rings. The molecule has 0 atom stereocenters. The van der Waals surface area contributed by atoms with E-state index in [2.05, 4.69) is 10.1 Å². The standard InChI is InChI=1S/C18H16F2N2O6/c1-10-7-13(14(22(25)26)8-11(10)2)21-16(23)9-27-17(24)12-5-3-4-6-15(12)28-18(19)20/h3-8,18H,9H2,1-2H3,(H,21,23). The van der Waals surface area contributed by atoms with Crippen molar-refractivity contribution in [3.8, 4) is 5.75 Å². The van der Waals surface area contributed by atoms with E-state index < -0.39 is 35.8 Å². The van der Waals surface area contributed by atoms with Gasteiger partial charge in [-0.2, -0.15) is 8.78 Å². The van der Waals surface area contributed by atoms with E-state index in [0.29, 0.717) is 5.56 Å². The molecule has 0 aliphatic heterocycles. The lowest BCUT2D eigenvalue weighted by atomic mass is 10.1. The summed E-state index contributed by atoms with van der Waals surface area (Å²) < 4.78 is 33.8. The van der Waals surface area contributed by atoms with Gasteiger partial charge in [0.05, 0.1) is 4.92 Å². The topological polar surface area (TPSA) is 108 Å². The number of nitro groups is 1. The van der Waals surface area contributed by atoms with E-state index >= 15 is 0 Å². The fourth-order valence-electron chi connectivity index (χ4n) is 2.28. The Labute approximate surface area is 158 Å². The second-order valence-electron chi connectivity index (χ2n) is 5.71. The summed E-state index contributed by atoms with van der Waals surface area (Å²) in [6.07, 6.45) is 0. The number of carbonyl (C=O) groups is 2. The van der Waals surface area contributed by atoms with E-state index in [-0.39, 0.29) is 16.9 Å². The largest absolute Gasteiger partial charge is 0.452 e. The maximum atomic E-state index is 12.4. The number of alkyl halides is 2. The molecule has 2 aromatic carbocycles. The van der Waals surface area contributed by atoms with Crippen LogP contribution in [0.2, 0.25) is 0 Å². The third kappa shape index (κ3) is 5.22. The second kappa shape index (κ2) is 8.89. The number of ether oxygens (including phenoxy) is 2. The van der Waals surface area contributed by atoms with Crippen LogP contribution in [-0.2, 0) is 9.53 Å². The molecule has 2 rings (SSSR count). The number of nitro benzene ring substituents is 1. The van der Waals surface area contributed by atoms with E-state index in [1.807, 2.05) is 0 Å². The van der Waals surface area contributed by atoms with Gasteiger partial charge < -0.3 is 14.8 Å². The highest BCUT2D eigenvalue weighted by Crippen LogP contribution is 2.28. The first-order chi connectivity index (χ1) is 13.2. The molecule has 0 radical (unpaired) electrons. The summed E-state index contributed by atoms with van der Waals surface area (Å²) in [6, 6.07) is 7.90.